The van der Waals surface area contributed by atoms with Crippen LogP contribution in [0.2, 0.25) is 0 Å². The van der Waals surface area contributed by atoms with Gasteiger partial charge in [0.25, 0.3) is 0 Å². The van der Waals surface area contributed by atoms with Gasteiger partial charge in [-0.3, -0.25) is 0 Å². The zero-order chi connectivity index (χ0) is 9.23. The van der Waals surface area contributed by atoms with Crippen molar-refractivity contribution in [1.82, 2.24) is 0 Å². The van der Waals surface area contributed by atoms with Crippen LogP contribution in [-0.2, 0) is 0 Å². The molecule has 12 heavy (non-hydrogen) atoms. The molecule has 3 heteroatoms. The van der Waals surface area contributed by atoms with Crippen molar-refractivity contribution in [2.45, 2.75) is 26.0 Å². The van der Waals surface area contributed by atoms with Gasteiger partial charge in [-0.25, -0.2) is 0 Å². The molecule has 0 fully saturated rings. The Kier molecular flexibility index (Phi) is 11.0. The average molecular weight is 224 g/mol. The van der Waals surface area contributed by atoms with E-state index in [0.29, 0.717) is 0 Å². The molecule has 0 aliphatic rings. The lowest BCUT2D eigenvalue weighted by atomic mass is 10.5. The first-order valence-corrected chi connectivity index (χ1v) is 7.98. The lowest BCUT2D eigenvalue weighted by molar-refractivity contribution is 1.14. The molecule has 0 aromatic carbocycles. The van der Waals surface area contributed by atoms with E-state index in [9.17, 15) is 0 Å². The molecule has 0 aromatic heterocycles. The predicted octanol–water partition coefficient (Wildman–Crippen LogP) is 3.61. The Morgan fingerprint density at radius 3 is 1.67 bits per heavy atom. The number of thioether (sulfide) groups is 3. The van der Waals surface area contributed by atoms with Gasteiger partial charge >= 0.3 is 0 Å². The Balaban J connectivity index is 3.40. The summed E-state index contributed by atoms with van der Waals surface area (Å²) >= 11 is 6.26. The maximum Gasteiger partial charge on any atom is 0.0228 e. The van der Waals surface area contributed by atoms with Crippen LogP contribution in [0.3, 0.4) is 0 Å². The molecule has 0 N–H and O–H groups in total. The summed E-state index contributed by atoms with van der Waals surface area (Å²) in [6.07, 6.45) is 0. The van der Waals surface area contributed by atoms with Crippen LogP contribution < -0.4 is 0 Å². The summed E-state index contributed by atoms with van der Waals surface area (Å²) in [5, 5.41) is 0.880. The van der Waals surface area contributed by atoms with Gasteiger partial charge in [0, 0.05) is 16.8 Å². The van der Waals surface area contributed by atoms with E-state index in [0.717, 1.165) is 5.25 Å². The summed E-state index contributed by atoms with van der Waals surface area (Å²) < 4.78 is 0. The van der Waals surface area contributed by atoms with Crippen molar-refractivity contribution in [2.75, 3.05) is 28.8 Å². The molecule has 0 heterocycles. The zero-order valence-electron chi connectivity index (χ0n) is 8.34. The van der Waals surface area contributed by atoms with E-state index in [1.165, 1.54) is 28.8 Å². The highest BCUT2D eigenvalue weighted by Gasteiger charge is 2.06. The van der Waals surface area contributed by atoms with Crippen LogP contribution >= 0.6 is 35.3 Å². The quantitative estimate of drug-likeness (QED) is 0.618. The van der Waals surface area contributed by atoms with E-state index >= 15 is 0 Å². The molecule has 0 aliphatic carbocycles. The number of hydrogen-bond donors (Lipinski definition) is 0. The minimum Gasteiger partial charge on any atom is -0.161 e. The van der Waals surface area contributed by atoms with Gasteiger partial charge in [0.2, 0.25) is 0 Å². The van der Waals surface area contributed by atoms with E-state index in [1.54, 1.807) is 0 Å². The SMILES string of the molecule is CCSCC(CSCC)SCC. The van der Waals surface area contributed by atoms with Crippen molar-refractivity contribution in [2.24, 2.45) is 0 Å². The van der Waals surface area contributed by atoms with Crippen LogP contribution in [0, 0.1) is 0 Å². The molecule has 0 unspecified atom stereocenters. The van der Waals surface area contributed by atoms with Gasteiger partial charge in [0.15, 0.2) is 0 Å². The largest absolute Gasteiger partial charge is 0.161 e. The van der Waals surface area contributed by atoms with Gasteiger partial charge in [0.1, 0.15) is 0 Å². The molecule has 0 saturated heterocycles. The first-order chi connectivity index (χ1) is 5.85. The molecule has 0 aromatic rings. The normalized spacial score (nSPS) is 11.0. The second kappa shape index (κ2) is 10.1. The third kappa shape index (κ3) is 7.69. The Labute approximate surface area is 90.0 Å². The van der Waals surface area contributed by atoms with Gasteiger partial charge in [-0.05, 0) is 17.3 Å². The Bertz CT molecular complexity index is 77.8. The van der Waals surface area contributed by atoms with Crippen molar-refractivity contribution >= 4 is 35.3 Å². The Morgan fingerprint density at radius 2 is 1.33 bits per heavy atom. The molecule has 0 radical (unpaired) electrons. The molecule has 0 bridgehead atoms. The molecule has 0 spiro atoms. The van der Waals surface area contributed by atoms with Crippen LogP contribution in [0.15, 0.2) is 0 Å². The van der Waals surface area contributed by atoms with Crippen LogP contribution in [0.4, 0.5) is 0 Å². The smallest absolute Gasteiger partial charge is 0.0228 e. The second-order valence-electron chi connectivity index (χ2n) is 2.40. The summed E-state index contributed by atoms with van der Waals surface area (Å²) in [4.78, 5) is 0. The van der Waals surface area contributed by atoms with Crippen molar-refractivity contribution < 1.29 is 0 Å². The standard InChI is InChI=1S/C9H20S3/c1-4-10-7-9(12-6-3)8-11-5-2/h9H,4-8H2,1-3H3. The molecular formula is C9H20S3. The fourth-order valence-corrected chi connectivity index (χ4v) is 4.08. The second-order valence-corrected chi connectivity index (χ2v) is 6.61. The molecule has 74 valence electrons. The third-order valence-electron chi connectivity index (χ3n) is 1.42. The van der Waals surface area contributed by atoms with Crippen LogP contribution in [-0.4, -0.2) is 34.0 Å². The first-order valence-electron chi connectivity index (χ1n) is 4.62. The van der Waals surface area contributed by atoms with Gasteiger partial charge < -0.3 is 0 Å². The third-order valence-corrected chi connectivity index (χ3v) is 5.07. The van der Waals surface area contributed by atoms with Gasteiger partial charge in [-0.1, -0.05) is 20.8 Å². The molecule has 0 aliphatic heterocycles. The monoisotopic (exact) mass is 224 g/mol. The molecule has 0 saturated carbocycles. The average Bonchev–Trinajstić information content (AvgIpc) is 2.10. The van der Waals surface area contributed by atoms with Crippen molar-refractivity contribution in [3.05, 3.63) is 0 Å². The lowest BCUT2D eigenvalue weighted by Crippen LogP contribution is -2.10. The van der Waals surface area contributed by atoms with E-state index in [4.69, 9.17) is 0 Å². The Morgan fingerprint density at radius 1 is 0.833 bits per heavy atom. The van der Waals surface area contributed by atoms with Crippen molar-refractivity contribution in [3.8, 4) is 0 Å². The molecule has 0 atom stereocenters. The van der Waals surface area contributed by atoms with Crippen molar-refractivity contribution in [3.63, 3.8) is 0 Å². The summed E-state index contributed by atoms with van der Waals surface area (Å²) in [6.45, 7) is 6.74. The summed E-state index contributed by atoms with van der Waals surface area (Å²) in [5.41, 5.74) is 0. The predicted molar refractivity (Wildman–Crippen MR) is 67.9 cm³/mol. The van der Waals surface area contributed by atoms with Crippen LogP contribution in [0.25, 0.3) is 0 Å². The van der Waals surface area contributed by atoms with Gasteiger partial charge in [-0.15, -0.1) is 0 Å². The zero-order valence-corrected chi connectivity index (χ0v) is 10.8. The van der Waals surface area contributed by atoms with Gasteiger partial charge in [-0.2, -0.15) is 35.3 Å². The highest BCUT2D eigenvalue weighted by Crippen LogP contribution is 2.20. The van der Waals surface area contributed by atoms with E-state index in [1.807, 2.05) is 0 Å². The summed E-state index contributed by atoms with van der Waals surface area (Å²) in [5.74, 6) is 6.46. The van der Waals surface area contributed by atoms with Gasteiger partial charge in [0.05, 0.1) is 0 Å². The highest BCUT2D eigenvalue weighted by molar-refractivity contribution is 8.05. The fraction of sp³-hybridized carbons (Fsp3) is 1.00. The van der Waals surface area contributed by atoms with Crippen LogP contribution in [0.5, 0.6) is 0 Å². The number of rotatable bonds is 8. The maximum atomic E-state index is 2.25. The van der Waals surface area contributed by atoms with Crippen LogP contribution in [0.1, 0.15) is 20.8 Å². The summed E-state index contributed by atoms with van der Waals surface area (Å²) in [6, 6.07) is 0. The molecule has 0 nitrogen and oxygen atoms in total. The topological polar surface area (TPSA) is 0 Å². The summed E-state index contributed by atoms with van der Waals surface area (Å²) in [7, 11) is 0. The highest BCUT2D eigenvalue weighted by atomic mass is 32.2. The van der Waals surface area contributed by atoms with E-state index < -0.39 is 0 Å². The minimum atomic E-state index is 0.880. The Hall–Kier alpha value is 1.05. The number of hydrogen-bond acceptors (Lipinski definition) is 3. The van der Waals surface area contributed by atoms with E-state index in [2.05, 4.69) is 56.1 Å². The first kappa shape index (κ1) is 13.1. The molecular weight excluding hydrogens is 204 g/mol. The fourth-order valence-electron chi connectivity index (χ4n) is 0.879. The maximum absolute atomic E-state index is 2.25. The van der Waals surface area contributed by atoms with Crippen molar-refractivity contribution in [1.29, 1.82) is 0 Å². The minimum absolute atomic E-state index is 0.880. The molecule has 0 amide bonds. The lowest BCUT2D eigenvalue weighted by Gasteiger charge is -2.13. The molecule has 0 rings (SSSR count). The van der Waals surface area contributed by atoms with E-state index in [-0.39, 0.29) is 0 Å².